The van der Waals surface area contributed by atoms with Crippen LogP contribution in [-0.2, 0) is 32.3 Å². The molecule has 0 spiro atoms. The van der Waals surface area contributed by atoms with E-state index >= 15 is 0 Å². The minimum Gasteiger partial charge on any atom is -0.481 e. The van der Waals surface area contributed by atoms with Crippen LogP contribution >= 0.6 is 0 Å². The maximum atomic E-state index is 13.4. The molecule has 8 nitrogen and oxygen atoms in total. The van der Waals surface area contributed by atoms with E-state index in [1.807, 2.05) is 12.1 Å². The molecule has 34 heavy (non-hydrogen) atoms. The van der Waals surface area contributed by atoms with E-state index in [2.05, 4.69) is 0 Å². The molecule has 0 bridgehead atoms. The first kappa shape index (κ1) is 25.2. The molecule has 2 N–H and O–H groups in total. The Morgan fingerprint density at radius 1 is 0.941 bits per heavy atom. The van der Waals surface area contributed by atoms with Crippen LogP contribution in [0.15, 0.2) is 60.7 Å². The number of β-amino-alcohol motifs (C(OH)–C–C–N with tert-alkyl or cyclic N) is 1. The molecule has 0 radical (unpaired) electrons. The topological polar surface area (TPSA) is 113 Å². The van der Waals surface area contributed by atoms with E-state index in [0.29, 0.717) is 0 Å². The maximum Gasteiger partial charge on any atom is 0.410 e. The average Bonchev–Trinajstić information content (AvgIpc) is 2.80. The molecule has 182 valence electrons. The van der Waals surface area contributed by atoms with E-state index in [4.69, 9.17) is 9.47 Å². The number of rotatable bonds is 6. The number of carboxylic acids is 1. The van der Waals surface area contributed by atoms with E-state index in [-0.39, 0.29) is 26.2 Å². The largest absolute Gasteiger partial charge is 0.481 e. The van der Waals surface area contributed by atoms with Gasteiger partial charge in [-0.25, -0.2) is 9.59 Å². The van der Waals surface area contributed by atoms with Crippen molar-refractivity contribution in [1.82, 2.24) is 4.90 Å². The molecule has 1 fully saturated rings. The van der Waals surface area contributed by atoms with Gasteiger partial charge in [0.15, 0.2) is 0 Å². The van der Waals surface area contributed by atoms with Gasteiger partial charge in [0.05, 0.1) is 12.6 Å². The molecule has 3 rings (SSSR count). The van der Waals surface area contributed by atoms with Gasteiger partial charge >= 0.3 is 18.0 Å². The number of nitrogens with zero attached hydrogens (tertiary/aromatic N) is 1. The highest BCUT2D eigenvalue weighted by Gasteiger charge is 2.64. The lowest BCUT2D eigenvalue weighted by Crippen LogP contribution is -2.68. The Morgan fingerprint density at radius 3 is 1.91 bits per heavy atom. The summed E-state index contributed by atoms with van der Waals surface area (Å²) < 4.78 is 10.9. The molecular weight excluding hydrogens is 438 g/mol. The summed E-state index contributed by atoms with van der Waals surface area (Å²) in [5.41, 5.74) is -1.35. The first-order chi connectivity index (χ1) is 16.1. The number of ether oxygens (including phenoxy) is 2. The Bertz CT molecular complexity index is 1000. The van der Waals surface area contributed by atoms with Crippen molar-refractivity contribution in [2.24, 2.45) is 10.8 Å². The predicted molar refractivity (Wildman–Crippen MR) is 124 cm³/mol. The number of likely N-dealkylation sites (tertiary alicyclic amines) is 1. The molecule has 2 aromatic rings. The van der Waals surface area contributed by atoms with Crippen molar-refractivity contribution in [3.8, 4) is 0 Å². The number of piperidine rings is 1. The first-order valence-electron chi connectivity index (χ1n) is 11.2. The van der Waals surface area contributed by atoms with Gasteiger partial charge in [0.1, 0.15) is 24.7 Å². The summed E-state index contributed by atoms with van der Waals surface area (Å²) in [6.45, 7) is 4.63. The van der Waals surface area contributed by atoms with Crippen LogP contribution in [0.3, 0.4) is 0 Å². The van der Waals surface area contributed by atoms with E-state index in [1.165, 1.54) is 0 Å². The van der Waals surface area contributed by atoms with Gasteiger partial charge in [-0.2, -0.15) is 0 Å². The minimum absolute atomic E-state index is 0.0619. The Balaban J connectivity index is 1.94. The molecule has 1 unspecified atom stereocenters. The highest BCUT2D eigenvalue weighted by molar-refractivity contribution is 5.91. The number of aliphatic hydroxyl groups excluding tert-OH is 1. The lowest BCUT2D eigenvalue weighted by molar-refractivity contribution is -0.189. The van der Waals surface area contributed by atoms with Crippen molar-refractivity contribution in [3.63, 3.8) is 0 Å². The number of hydrogen-bond acceptors (Lipinski definition) is 6. The van der Waals surface area contributed by atoms with Crippen LogP contribution in [0.5, 0.6) is 0 Å². The van der Waals surface area contributed by atoms with Crippen LogP contribution in [0.1, 0.15) is 38.3 Å². The van der Waals surface area contributed by atoms with E-state index in [9.17, 15) is 24.6 Å². The zero-order valence-corrected chi connectivity index (χ0v) is 19.6. The molecule has 0 saturated carbocycles. The third-order valence-electron chi connectivity index (χ3n) is 6.35. The highest BCUT2D eigenvalue weighted by atomic mass is 16.6. The summed E-state index contributed by atoms with van der Waals surface area (Å²) >= 11 is 0. The molecule has 2 aromatic carbocycles. The van der Waals surface area contributed by atoms with Crippen LogP contribution in [-0.4, -0.2) is 51.8 Å². The van der Waals surface area contributed by atoms with E-state index in [1.54, 1.807) is 69.3 Å². The van der Waals surface area contributed by atoms with E-state index in [0.717, 1.165) is 16.0 Å². The number of carboxylic acid groups (broad SMARTS) is 1. The Morgan fingerprint density at radius 2 is 1.44 bits per heavy atom. The molecule has 3 atom stereocenters. The monoisotopic (exact) mass is 469 g/mol. The maximum absolute atomic E-state index is 13.4. The van der Waals surface area contributed by atoms with Gasteiger partial charge in [-0.1, -0.05) is 81.4 Å². The van der Waals surface area contributed by atoms with Crippen molar-refractivity contribution >= 4 is 18.0 Å². The lowest BCUT2D eigenvalue weighted by atomic mass is 9.57. The van der Waals surface area contributed by atoms with E-state index < -0.39 is 41.0 Å². The smallest absolute Gasteiger partial charge is 0.410 e. The van der Waals surface area contributed by atoms with Gasteiger partial charge in [0.25, 0.3) is 0 Å². The number of carbonyl (C=O) groups excluding carboxylic acids is 2. The summed E-state index contributed by atoms with van der Waals surface area (Å²) in [7, 11) is 0. The van der Waals surface area contributed by atoms with Crippen LogP contribution in [0, 0.1) is 10.8 Å². The molecule has 0 aliphatic carbocycles. The average molecular weight is 470 g/mol. The second kappa shape index (κ2) is 10.3. The van der Waals surface area contributed by atoms with Crippen molar-refractivity contribution in [2.75, 3.05) is 6.54 Å². The summed E-state index contributed by atoms with van der Waals surface area (Å²) in [6, 6.07) is 16.5. The van der Waals surface area contributed by atoms with Gasteiger partial charge in [-0.3, -0.25) is 9.69 Å². The highest BCUT2D eigenvalue weighted by Crippen LogP contribution is 2.50. The molecule has 1 heterocycles. The molecule has 8 heteroatoms. The Hall–Kier alpha value is -3.39. The van der Waals surface area contributed by atoms with Gasteiger partial charge < -0.3 is 19.7 Å². The fraction of sp³-hybridized carbons (Fsp3) is 0.423. The first-order valence-corrected chi connectivity index (χ1v) is 11.2. The van der Waals surface area contributed by atoms with Gasteiger partial charge in [-0.15, -0.1) is 0 Å². The molecular formula is C26H31NO7. The third kappa shape index (κ3) is 5.22. The van der Waals surface area contributed by atoms with Crippen molar-refractivity contribution in [3.05, 3.63) is 71.8 Å². The number of aliphatic hydroxyl groups is 1. The number of aliphatic carboxylic acids is 1. The fourth-order valence-electron chi connectivity index (χ4n) is 4.51. The zero-order valence-electron chi connectivity index (χ0n) is 19.6. The molecule has 0 aromatic heterocycles. The molecule has 1 saturated heterocycles. The van der Waals surface area contributed by atoms with Gasteiger partial charge in [-0.05, 0) is 23.0 Å². The quantitative estimate of drug-likeness (QED) is 0.621. The van der Waals surface area contributed by atoms with Crippen LogP contribution < -0.4 is 0 Å². The predicted octanol–water partition coefficient (Wildman–Crippen LogP) is 3.62. The summed E-state index contributed by atoms with van der Waals surface area (Å²) in [5, 5.41) is 21.0. The SMILES string of the molecule is CC(C)(C)[C@@]1(C(=O)O)CC(O)CN(C(=O)OCc2ccccc2)[C@@H]1C(=O)OCc1ccccc1. The molecule has 1 aliphatic heterocycles. The fourth-order valence-corrected chi connectivity index (χ4v) is 4.51. The zero-order chi connectivity index (χ0) is 24.9. The van der Waals surface area contributed by atoms with Crippen LogP contribution in [0.2, 0.25) is 0 Å². The normalized spacial score (nSPS) is 22.6. The number of amides is 1. The Kier molecular flexibility index (Phi) is 7.61. The number of benzene rings is 2. The molecule has 1 amide bonds. The Labute approximate surface area is 199 Å². The van der Waals surface area contributed by atoms with Gasteiger partial charge in [0, 0.05) is 0 Å². The third-order valence-corrected chi connectivity index (χ3v) is 6.35. The van der Waals surface area contributed by atoms with Crippen LogP contribution in [0.4, 0.5) is 4.79 Å². The number of hydrogen-bond donors (Lipinski definition) is 2. The summed E-state index contributed by atoms with van der Waals surface area (Å²) in [6.07, 6.45) is -2.25. The second-order valence-electron chi connectivity index (χ2n) is 9.57. The van der Waals surface area contributed by atoms with Crippen LogP contribution in [0.25, 0.3) is 0 Å². The second-order valence-corrected chi connectivity index (χ2v) is 9.57. The number of esters is 1. The lowest BCUT2D eigenvalue weighted by Gasteiger charge is -2.52. The van der Waals surface area contributed by atoms with Crippen molar-refractivity contribution in [1.29, 1.82) is 0 Å². The summed E-state index contributed by atoms with van der Waals surface area (Å²) in [5.74, 6) is -2.15. The summed E-state index contributed by atoms with van der Waals surface area (Å²) in [4.78, 5) is 40.3. The van der Waals surface area contributed by atoms with Crippen molar-refractivity contribution in [2.45, 2.75) is 52.6 Å². The minimum atomic E-state index is -1.80. The molecule has 1 aliphatic rings. The van der Waals surface area contributed by atoms with Gasteiger partial charge in [0.2, 0.25) is 0 Å². The van der Waals surface area contributed by atoms with Crippen molar-refractivity contribution < 1.29 is 34.1 Å². The number of carbonyl (C=O) groups is 3. The standard InChI is InChI=1S/C26H31NO7/c1-25(2,3)26(23(30)31)14-20(28)15-27(24(32)34-17-19-12-8-5-9-13-19)21(26)22(29)33-16-18-10-6-4-7-11-18/h4-13,20-21,28H,14-17H2,1-3H3,(H,30,31)/t20?,21-,26+/m1/s1.